The predicted octanol–water partition coefficient (Wildman–Crippen LogP) is 0.0192. The number of hydrogen-bond donors (Lipinski definition) is 3. The largest absolute Gasteiger partial charge is 0.338 e. The molecule has 0 aliphatic carbocycles. The van der Waals surface area contributed by atoms with Gasteiger partial charge in [-0.1, -0.05) is 0 Å². The molecule has 0 radical (unpaired) electrons. The predicted molar refractivity (Wildman–Crippen MR) is 60.1 cm³/mol. The van der Waals surface area contributed by atoms with Crippen molar-refractivity contribution in [3.05, 3.63) is 0 Å². The highest BCUT2D eigenvalue weighted by molar-refractivity contribution is 5.85. The van der Waals surface area contributed by atoms with Gasteiger partial charge >= 0.3 is 0 Å². The van der Waals surface area contributed by atoms with Crippen molar-refractivity contribution in [1.82, 2.24) is 16.0 Å². The average molecular weight is 242 g/mol. The lowest BCUT2D eigenvalue weighted by Crippen LogP contribution is -2.66. The van der Waals surface area contributed by atoms with Crippen molar-refractivity contribution >= 4 is 30.7 Å². The standard InChI is InChI=1S/C8H15N3O.2ClH/c12-7-1-4-10-8(11-7)2-5-9-6-3-8;;/h9-10H,1-6H2,(H,11,12);2*1H. The van der Waals surface area contributed by atoms with E-state index in [4.69, 9.17) is 0 Å². The van der Waals surface area contributed by atoms with E-state index in [1.165, 1.54) is 0 Å². The van der Waals surface area contributed by atoms with Gasteiger partial charge in [-0.05, 0) is 25.9 Å². The summed E-state index contributed by atoms with van der Waals surface area (Å²) >= 11 is 0. The second-order valence-electron chi connectivity index (χ2n) is 3.56. The fraction of sp³-hybridized carbons (Fsp3) is 0.875. The van der Waals surface area contributed by atoms with Crippen LogP contribution in [-0.2, 0) is 4.79 Å². The Kier molecular flexibility index (Phi) is 5.74. The fourth-order valence-electron chi connectivity index (χ4n) is 1.94. The first-order valence-electron chi connectivity index (χ1n) is 4.58. The second kappa shape index (κ2) is 5.75. The van der Waals surface area contributed by atoms with E-state index in [0.717, 1.165) is 32.5 Å². The Bertz CT molecular complexity index is 190. The van der Waals surface area contributed by atoms with Gasteiger partial charge in [-0.15, -0.1) is 24.8 Å². The molecular formula is C8H17Cl2N3O. The molecule has 2 heterocycles. The van der Waals surface area contributed by atoms with Crippen LogP contribution < -0.4 is 16.0 Å². The van der Waals surface area contributed by atoms with Crippen LogP contribution in [0.15, 0.2) is 0 Å². The monoisotopic (exact) mass is 241 g/mol. The number of rotatable bonds is 0. The number of carbonyl (C=O) groups is 1. The second-order valence-corrected chi connectivity index (χ2v) is 3.56. The van der Waals surface area contributed by atoms with Gasteiger partial charge in [-0.3, -0.25) is 10.1 Å². The molecule has 2 fully saturated rings. The third kappa shape index (κ3) is 2.98. The third-order valence-electron chi connectivity index (χ3n) is 2.65. The number of carbonyl (C=O) groups excluding carboxylic acids is 1. The van der Waals surface area contributed by atoms with Crippen LogP contribution in [0.25, 0.3) is 0 Å². The van der Waals surface area contributed by atoms with Crippen LogP contribution in [0, 0.1) is 0 Å². The van der Waals surface area contributed by atoms with E-state index in [2.05, 4.69) is 16.0 Å². The maximum absolute atomic E-state index is 11.2. The van der Waals surface area contributed by atoms with E-state index in [0.29, 0.717) is 6.42 Å². The minimum absolute atomic E-state index is 0. The molecule has 0 saturated carbocycles. The fourth-order valence-corrected chi connectivity index (χ4v) is 1.94. The van der Waals surface area contributed by atoms with Gasteiger partial charge in [0.25, 0.3) is 0 Å². The van der Waals surface area contributed by atoms with E-state index in [9.17, 15) is 4.79 Å². The topological polar surface area (TPSA) is 53.2 Å². The van der Waals surface area contributed by atoms with E-state index in [-0.39, 0.29) is 36.4 Å². The summed E-state index contributed by atoms with van der Waals surface area (Å²) in [5, 5.41) is 9.71. The maximum Gasteiger partial charge on any atom is 0.222 e. The zero-order valence-corrected chi connectivity index (χ0v) is 9.60. The lowest BCUT2D eigenvalue weighted by Gasteiger charge is -2.42. The molecule has 6 heteroatoms. The summed E-state index contributed by atoms with van der Waals surface area (Å²) in [6.07, 6.45) is 2.62. The van der Waals surface area contributed by atoms with Crippen LogP contribution >= 0.6 is 24.8 Å². The Labute approximate surface area is 96.4 Å². The van der Waals surface area contributed by atoms with Gasteiger partial charge in [0.15, 0.2) is 0 Å². The number of amides is 1. The molecule has 0 bridgehead atoms. The molecule has 2 aliphatic rings. The van der Waals surface area contributed by atoms with Gasteiger partial charge < -0.3 is 10.6 Å². The van der Waals surface area contributed by atoms with Crippen LogP contribution in [0.2, 0.25) is 0 Å². The summed E-state index contributed by atoms with van der Waals surface area (Å²) < 4.78 is 0. The van der Waals surface area contributed by atoms with Crippen molar-refractivity contribution in [2.45, 2.75) is 24.9 Å². The summed E-state index contributed by atoms with van der Waals surface area (Å²) in [5.74, 6) is 0.190. The SMILES string of the molecule is Cl.Cl.O=C1CCNC2(CCNCC2)N1. The van der Waals surface area contributed by atoms with Crippen LogP contribution in [-0.4, -0.2) is 31.2 Å². The number of nitrogens with one attached hydrogen (secondary N) is 3. The van der Waals surface area contributed by atoms with Crippen molar-refractivity contribution in [1.29, 1.82) is 0 Å². The van der Waals surface area contributed by atoms with Crippen LogP contribution in [0.1, 0.15) is 19.3 Å². The molecule has 4 nitrogen and oxygen atoms in total. The first-order chi connectivity index (χ1) is 5.81. The molecule has 0 atom stereocenters. The Hall–Kier alpha value is -0.0300. The lowest BCUT2D eigenvalue weighted by atomic mass is 9.96. The van der Waals surface area contributed by atoms with Crippen LogP contribution in [0.3, 0.4) is 0 Å². The Morgan fingerprint density at radius 2 is 1.71 bits per heavy atom. The number of halogens is 2. The van der Waals surface area contributed by atoms with Gasteiger partial charge in [0, 0.05) is 13.0 Å². The third-order valence-corrected chi connectivity index (χ3v) is 2.65. The lowest BCUT2D eigenvalue weighted by molar-refractivity contribution is -0.126. The van der Waals surface area contributed by atoms with E-state index >= 15 is 0 Å². The molecule has 3 N–H and O–H groups in total. The number of piperidine rings is 1. The minimum Gasteiger partial charge on any atom is -0.338 e. The van der Waals surface area contributed by atoms with Crippen molar-refractivity contribution in [3.63, 3.8) is 0 Å². The Balaban J connectivity index is 0.000000845. The van der Waals surface area contributed by atoms with E-state index in [1.807, 2.05) is 0 Å². The summed E-state index contributed by atoms with van der Waals surface area (Å²) in [4.78, 5) is 11.2. The van der Waals surface area contributed by atoms with Gasteiger partial charge in [-0.25, -0.2) is 0 Å². The normalized spacial score (nSPS) is 24.4. The minimum atomic E-state index is -0.0828. The molecule has 1 amide bonds. The molecule has 1 spiro atoms. The van der Waals surface area contributed by atoms with Gasteiger partial charge in [0.1, 0.15) is 0 Å². The molecule has 14 heavy (non-hydrogen) atoms. The van der Waals surface area contributed by atoms with Crippen molar-refractivity contribution in [3.8, 4) is 0 Å². The molecular weight excluding hydrogens is 225 g/mol. The average Bonchev–Trinajstić information content (AvgIpc) is 2.05. The van der Waals surface area contributed by atoms with Crippen molar-refractivity contribution in [2.75, 3.05) is 19.6 Å². The first-order valence-corrected chi connectivity index (χ1v) is 4.58. The number of hydrogen-bond acceptors (Lipinski definition) is 3. The van der Waals surface area contributed by atoms with Crippen molar-refractivity contribution < 1.29 is 4.79 Å². The Morgan fingerprint density at radius 3 is 2.29 bits per heavy atom. The van der Waals surface area contributed by atoms with Crippen molar-refractivity contribution in [2.24, 2.45) is 0 Å². The first kappa shape index (κ1) is 14.0. The summed E-state index contributed by atoms with van der Waals surface area (Å²) in [6.45, 7) is 2.81. The zero-order chi connectivity index (χ0) is 8.44. The van der Waals surface area contributed by atoms with Gasteiger partial charge in [0.05, 0.1) is 5.66 Å². The van der Waals surface area contributed by atoms with Crippen LogP contribution in [0.4, 0.5) is 0 Å². The molecule has 0 aromatic carbocycles. The highest BCUT2D eigenvalue weighted by Gasteiger charge is 2.35. The highest BCUT2D eigenvalue weighted by atomic mass is 35.5. The summed E-state index contributed by atoms with van der Waals surface area (Å²) in [5.41, 5.74) is -0.0828. The smallest absolute Gasteiger partial charge is 0.222 e. The molecule has 0 aromatic heterocycles. The Morgan fingerprint density at radius 1 is 1.07 bits per heavy atom. The molecule has 2 rings (SSSR count). The van der Waals surface area contributed by atoms with Gasteiger partial charge in [0.2, 0.25) is 5.91 Å². The quantitative estimate of drug-likeness (QED) is 0.561. The molecule has 2 aliphatic heterocycles. The van der Waals surface area contributed by atoms with Crippen LogP contribution in [0.5, 0.6) is 0 Å². The maximum atomic E-state index is 11.2. The van der Waals surface area contributed by atoms with E-state index < -0.39 is 0 Å². The molecule has 84 valence electrons. The summed E-state index contributed by atoms with van der Waals surface area (Å²) in [6, 6.07) is 0. The highest BCUT2D eigenvalue weighted by Crippen LogP contribution is 2.17. The van der Waals surface area contributed by atoms with E-state index in [1.54, 1.807) is 0 Å². The molecule has 2 saturated heterocycles. The van der Waals surface area contributed by atoms with Gasteiger partial charge in [-0.2, -0.15) is 0 Å². The summed E-state index contributed by atoms with van der Waals surface area (Å²) in [7, 11) is 0. The molecule has 0 aromatic rings. The zero-order valence-electron chi connectivity index (χ0n) is 7.97. The molecule has 0 unspecified atom stereocenters.